The SMILES string of the molecule is CCOc1nc(-c2ccc(F)cc2)nc2cc(C(=O)NCCc3cncn3C)ccc12. The summed E-state index contributed by atoms with van der Waals surface area (Å²) in [5, 5.41) is 3.63. The summed E-state index contributed by atoms with van der Waals surface area (Å²) in [5.41, 5.74) is 2.77. The lowest BCUT2D eigenvalue weighted by atomic mass is 10.1. The van der Waals surface area contributed by atoms with E-state index in [1.54, 1.807) is 42.9 Å². The minimum atomic E-state index is -0.334. The van der Waals surface area contributed by atoms with Crippen LogP contribution in [0.25, 0.3) is 22.3 Å². The zero-order valence-electron chi connectivity index (χ0n) is 17.3. The molecule has 4 aromatic rings. The third-order valence-corrected chi connectivity index (χ3v) is 4.89. The summed E-state index contributed by atoms with van der Waals surface area (Å²) in [6.45, 7) is 2.80. The van der Waals surface area contributed by atoms with E-state index in [-0.39, 0.29) is 11.7 Å². The van der Waals surface area contributed by atoms with E-state index >= 15 is 0 Å². The van der Waals surface area contributed by atoms with Gasteiger partial charge >= 0.3 is 0 Å². The number of nitrogens with zero attached hydrogens (tertiary/aromatic N) is 4. The van der Waals surface area contributed by atoms with E-state index in [4.69, 9.17) is 4.74 Å². The number of aryl methyl sites for hydroxylation is 1. The van der Waals surface area contributed by atoms with Gasteiger partial charge in [-0.05, 0) is 49.4 Å². The number of nitrogens with one attached hydrogen (secondary N) is 1. The van der Waals surface area contributed by atoms with Crippen molar-refractivity contribution >= 4 is 16.8 Å². The molecule has 0 atom stereocenters. The zero-order valence-corrected chi connectivity index (χ0v) is 17.3. The predicted molar refractivity (Wildman–Crippen MR) is 115 cm³/mol. The van der Waals surface area contributed by atoms with Crippen molar-refractivity contribution in [2.75, 3.05) is 13.2 Å². The third kappa shape index (κ3) is 4.53. The topological polar surface area (TPSA) is 81.9 Å². The standard InChI is InChI=1S/C23H22FN5O2/c1-3-31-23-19-9-6-16(22(30)26-11-10-18-13-25-14-29(18)2)12-20(19)27-21(28-23)15-4-7-17(24)8-5-15/h4-9,12-14H,3,10-11H2,1-2H3,(H,26,30). The number of hydrogen-bond donors (Lipinski definition) is 1. The molecule has 2 aromatic heterocycles. The van der Waals surface area contributed by atoms with Crippen LogP contribution in [-0.4, -0.2) is 38.6 Å². The Morgan fingerprint density at radius 1 is 1.16 bits per heavy atom. The molecule has 0 radical (unpaired) electrons. The fourth-order valence-corrected chi connectivity index (χ4v) is 3.25. The number of ether oxygens (including phenoxy) is 1. The van der Waals surface area contributed by atoms with Crippen molar-refractivity contribution in [2.45, 2.75) is 13.3 Å². The van der Waals surface area contributed by atoms with Gasteiger partial charge in [-0.15, -0.1) is 0 Å². The largest absolute Gasteiger partial charge is 0.477 e. The first-order chi connectivity index (χ1) is 15.0. The summed E-state index contributed by atoms with van der Waals surface area (Å²) in [7, 11) is 1.92. The second-order valence-electron chi connectivity index (χ2n) is 7.03. The van der Waals surface area contributed by atoms with Crippen LogP contribution >= 0.6 is 0 Å². The highest BCUT2D eigenvalue weighted by Crippen LogP contribution is 2.27. The highest BCUT2D eigenvalue weighted by atomic mass is 19.1. The molecule has 31 heavy (non-hydrogen) atoms. The van der Waals surface area contributed by atoms with E-state index in [0.717, 1.165) is 5.69 Å². The minimum Gasteiger partial charge on any atom is -0.477 e. The van der Waals surface area contributed by atoms with E-state index in [1.165, 1.54) is 12.1 Å². The first-order valence-corrected chi connectivity index (χ1v) is 9.99. The quantitative estimate of drug-likeness (QED) is 0.496. The maximum absolute atomic E-state index is 13.3. The number of carbonyl (C=O) groups excluding carboxylic acids is 1. The van der Waals surface area contributed by atoms with Gasteiger partial charge in [0.1, 0.15) is 5.82 Å². The van der Waals surface area contributed by atoms with Crippen molar-refractivity contribution < 1.29 is 13.9 Å². The summed E-state index contributed by atoms with van der Waals surface area (Å²) in [6.07, 6.45) is 4.20. The summed E-state index contributed by atoms with van der Waals surface area (Å²) < 4.78 is 20.9. The molecule has 158 valence electrons. The number of carbonyl (C=O) groups is 1. The van der Waals surface area contributed by atoms with Crippen LogP contribution in [0.1, 0.15) is 23.0 Å². The van der Waals surface area contributed by atoms with Crippen LogP contribution < -0.4 is 10.1 Å². The van der Waals surface area contributed by atoms with Gasteiger partial charge < -0.3 is 14.6 Å². The number of fused-ring (bicyclic) bond motifs is 1. The Hall–Kier alpha value is -3.81. The average molecular weight is 419 g/mol. The smallest absolute Gasteiger partial charge is 0.251 e. The Labute approximate surface area is 178 Å². The van der Waals surface area contributed by atoms with Crippen LogP contribution in [0.3, 0.4) is 0 Å². The molecule has 1 N–H and O–H groups in total. The lowest BCUT2D eigenvalue weighted by Crippen LogP contribution is -2.26. The molecule has 0 saturated carbocycles. The second kappa shape index (κ2) is 8.91. The Kier molecular flexibility index (Phi) is 5.88. The number of benzene rings is 2. The number of amides is 1. The van der Waals surface area contributed by atoms with Crippen LogP contribution in [-0.2, 0) is 13.5 Å². The van der Waals surface area contributed by atoms with Crippen LogP contribution in [0.4, 0.5) is 4.39 Å². The van der Waals surface area contributed by atoms with Gasteiger partial charge in [-0.2, -0.15) is 4.98 Å². The fourth-order valence-electron chi connectivity index (χ4n) is 3.25. The first-order valence-electron chi connectivity index (χ1n) is 9.99. The normalized spacial score (nSPS) is 10.9. The summed E-state index contributed by atoms with van der Waals surface area (Å²) >= 11 is 0. The Morgan fingerprint density at radius 2 is 1.97 bits per heavy atom. The molecule has 0 saturated heterocycles. The number of aromatic nitrogens is 4. The lowest BCUT2D eigenvalue weighted by Gasteiger charge is -2.11. The molecule has 0 spiro atoms. The minimum absolute atomic E-state index is 0.191. The van der Waals surface area contributed by atoms with Crippen molar-refractivity contribution in [1.29, 1.82) is 0 Å². The summed E-state index contributed by atoms with van der Waals surface area (Å²) in [6, 6.07) is 11.2. The van der Waals surface area contributed by atoms with Crippen molar-refractivity contribution in [1.82, 2.24) is 24.8 Å². The highest BCUT2D eigenvalue weighted by Gasteiger charge is 2.14. The molecule has 2 heterocycles. The van der Waals surface area contributed by atoms with E-state index in [0.29, 0.717) is 53.3 Å². The number of hydrogen-bond acceptors (Lipinski definition) is 5. The van der Waals surface area contributed by atoms with Crippen LogP contribution in [0.5, 0.6) is 5.88 Å². The maximum atomic E-state index is 13.3. The molecule has 0 bridgehead atoms. The van der Waals surface area contributed by atoms with Gasteiger partial charge in [0, 0.05) is 43.0 Å². The molecule has 0 aliphatic heterocycles. The van der Waals surface area contributed by atoms with E-state index in [2.05, 4.69) is 20.3 Å². The van der Waals surface area contributed by atoms with Crippen LogP contribution in [0, 0.1) is 5.82 Å². The fraction of sp³-hybridized carbons (Fsp3) is 0.217. The maximum Gasteiger partial charge on any atom is 0.251 e. The summed E-state index contributed by atoms with van der Waals surface area (Å²) in [4.78, 5) is 25.8. The molecular formula is C23H22FN5O2. The molecule has 7 nitrogen and oxygen atoms in total. The molecule has 0 unspecified atom stereocenters. The van der Waals surface area contributed by atoms with Gasteiger partial charge in [-0.1, -0.05) is 0 Å². The van der Waals surface area contributed by atoms with Gasteiger partial charge in [0.15, 0.2) is 5.82 Å². The monoisotopic (exact) mass is 419 g/mol. The van der Waals surface area contributed by atoms with E-state index in [9.17, 15) is 9.18 Å². The van der Waals surface area contributed by atoms with Gasteiger partial charge in [-0.25, -0.2) is 14.4 Å². The van der Waals surface area contributed by atoms with Crippen molar-refractivity contribution in [3.05, 3.63) is 72.1 Å². The third-order valence-electron chi connectivity index (χ3n) is 4.89. The van der Waals surface area contributed by atoms with Gasteiger partial charge in [-0.3, -0.25) is 4.79 Å². The van der Waals surface area contributed by atoms with E-state index < -0.39 is 0 Å². The second-order valence-corrected chi connectivity index (χ2v) is 7.03. The molecule has 0 aliphatic carbocycles. The van der Waals surface area contributed by atoms with E-state index in [1.807, 2.05) is 18.5 Å². The average Bonchev–Trinajstić information content (AvgIpc) is 3.18. The van der Waals surface area contributed by atoms with Crippen molar-refractivity contribution in [3.8, 4) is 17.3 Å². The summed E-state index contributed by atoms with van der Waals surface area (Å²) in [5.74, 6) is 0.309. The van der Waals surface area contributed by atoms with Crippen molar-refractivity contribution in [2.24, 2.45) is 7.05 Å². The van der Waals surface area contributed by atoms with Gasteiger partial charge in [0.05, 0.1) is 23.8 Å². The molecule has 0 aliphatic rings. The molecule has 8 heteroatoms. The predicted octanol–water partition coefficient (Wildman–Crippen LogP) is 3.54. The number of imidazole rings is 1. The molecule has 0 fully saturated rings. The first kappa shape index (κ1) is 20.5. The molecule has 1 amide bonds. The van der Waals surface area contributed by atoms with Crippen LogP contribution in [0.15, 0.2) is 55.0 Å². The lowest BCUT2D eigenvalue weighted by molar-refractivity contribution is 0.0954. The Balaban J connectivity index is 1.61. The molecule has 2 aromatic carbocycles. The number of rotatable bonds is 7. The highest BCUT2D eigenvalue weighted by molar-refractivity contribution is 5.98. The van der Waals surface area contributed by atoms with Gasteiger partial charge in [0.25, 0.3) is 5.91 Å². The Morgan fingerprint density at radius 3 is 2.68 bits per heavy atom. The zero-order chi connectivity index (χ0) is 21.8. The number of halogens is 1. The van der Waals surface area contributed by atoms with Gasteiger partial charge in [0.2, 0.25) is 5.88 Å². The Bertz CT molecular complexity index is 1220. The van der Waals surface area contributed by atoms with Crippen LogP contribution in [0.2, 0.25) is 0 Å². The molecule has 4 rings (SSSR count). The molecular weight excluding hydrogens is 397 g/mol. The van der Waals surface area contributed by atoms with Crippen molar-refractivity contribution in [3.63, 3.8) is 0 Å².